The van der Waals surface area contributed by atoms with E-state index in [-0.39, 0.29) is 31.1 Å². The quantitative estimate of drug-likeness (QED) is 0.310. The van der Waals surface area contributed by atoms with Crippen LogP contribution < -0.4 is 0 Å². The Balaban J connectivity index is 1.77. The van der Waals surface area contributed by atoms with Gasteiger partial charge in [0.25, 0.3) is 0 Å². The van der Waals surface area contributed by atoms with Gasteiger partial charge in [-0.15, -0.1) is 0 Å². The second-order valence-corrected chi connectivity index (χ2v) is 8.93. The summed E-state index contributed by atoms with van der Waals surface area (Å²) < 4.78 is 16.5. The molecule has 0 amide bonds. The van der Waals surface area contributed by atoms with Crippen LogP contribution >= 0.6 is 0 Å². The molecular weight excluding hydrogens is 444 g/mol. The molecule has 0 saturated heterocycles. The molecule has 1 aliphatic carbocycles. The van der Waals surface area contributed by atoms with E-state index in [1.807, 2.05) is 13.8 Å². The number of ether oxygens (including phenoxy) is 3. The largest absolute Gasteiger partial charge is 0.508 e. The zero-order valence-corrected chi connectivity index (χ0v) is 19.3. The van der Waals surface area contributed by atoms with Crippen LogP contribution in [0.3, 0.4) is 0 Å². The molecule has 186 valence electrons. The summed E-state index contributed by atoms with van der Waals surface area (Å²) in [6, 6.07) is 6.17. The molecule has 0 aromatic heterocycles. The number of phenols is 1. The highest BCUT2D eigenvalue weighted by molar-refractivity contribution is 5.87. The van der Waals surface area contributed by atoms with E-state index in [9.17, 15) is 30.0 Å². The van der Waals surface area contributed by atoms with Crippen molar-refractivity contribution < 1.29 is 44.2 Å². The molecule has 2 aliphatic rings. The number of rotatable bonds is 9. The fraction of sp³-hybridized carbons (Fsp3) is 0.520. The molecule has 4 N–H and O–H groups in total. The van der Waals surface area contributed by atoms with Gasteiger partial charge in [0.2, 0.25) is 6.29 Å². The van der Waals surface area contributed by atoms with E-state index >= 15 is 0 Å². The molecule has 0 bridgehead atoms. The van der Waals surface area contributed by atoms with Crippen molar-refractivity contribution in [1.29, 1.82) is 0 Å². The predicted molar refractivity (Wildman–Crippen MR) is 121 cm³/mol. The molecule has 0 radical (unpaired) electrons. The number of carbonyl (C=O) groups excluding carboxylic acids is 2. The van der Waals surface area contributed by atoms with Gasteiger partial charge < -0.3 is 34.6 Å². The maximum Gasteiger partial charge on any atom is 0.331 e. The second-order valence-electron chi connectivity index (χ2n) is 8.93. The molecule has 6 atom stereocenters. The van der Waals surface area contributed by atoms with Crippen LogP contribution in [0.5, 0.6) is 5.75 Å². The zero-order valence-electron chi connectivity index (χ0n) is 19.3. The Bertz CT molecular complexity index is 923. The normalized spacial score (nSPS) is 29.1. The van der Waals surface area contributed by atoms with Gasteiger partial charge >= 0.3 is 11.9 Å². The van der Waals surface area contributed by atoms with E-state index < -0.39 is 48.4 Å². The Morgan fingerprint density at radius 3 is 2.56 bits per heavy atom. The van der Waals surface area contributed by atoms with Gasteiger partial charge in [-0.05, 0) is 41.7 Å². The van der Waals surface area contributed by atoms with Gasteiger partial charge in [-0.1, -0.05) is 32.4 Å². The topological polar surface area (TPSA) is 143 Å². The maximum atomic E-state index is 12.5. The van der Waals surface area contributed by atoms with Crippen molar-refractivity contribution in [2.24, 2.45) is 17.8 Å². The summed E-state index contributed by atoms with van der Waals surface area (Å²) >= 11 is 0. The van der Waals surface area contributed by atoms with Crippen LogP contribution in [0.1, 0.15) is 38.7 Å². The summed E-state index contributed by atoms with van der Waals surface area (Å²) in [5.41, 5.74) is -0.855. The average Bonchev–Trinajstić information content (AvgIpc) is 3.11. The lowest BCUT2D eigenvalue weighted by Crippen LogP contribution is -2.54. The van der Waals surface area contributed by atoms with Crippen LogP contribution in [0.4, 0.5) is 0 Å². The monoisotopic (exact) mass is 476 g/mol. The third-order valence-corrected chi connectivity index (χ3v) is 6.62. The van der Waals surface area contributed by atoms with Crippen molar-refractivity contribution in [2.75, 3.05) is 13.2 Å². The molecule has 0 unspecified atom stereocenters. The van der Waals surface area contributed by atoms with Gasteiger partial charge in [0.1, 0.15) is 17.5 Å². The summed E-state index contributed by atoms with van der Waals surface area (Å²) in [5, 5.41) is 40.6. The molecule has 1 fully saturated rings. The molecule has 1 aromatic carbocycles. The molecule has 1 heterocycles. The lowest BCUT2D eigenvalue weighted by atomic mass is 9.80. The Kier molecular flexibility index (Phi) is 8.35. The number of aliphatic hydroxyl groups excluding tert-OH is 2. The molecule has 1 aliphatic heterocycles. The summed E-state index contributed by atoms with van der Waals surface area (Å²) in [6.45, 7) is 2.74. The Morgan fingerprint density at radius 2 is 1.94 bits per heavy atom. The van der Waals surface area contributed by atoms with Gasteiger partial charge in [-0.3, -0.25) is 4.79 Å². The highest BCUT2D eigenvalue weighted by atomic mass is 16.7. The fourth-order valence-electron chi connectivity index (χ4n) is 4.43. The van der Waals surface area contributed by atoms with Crippen molar-refractivity contribution in [3.63, 3.8) is 0 Å². The van der Waals surface area contributed by atoms with Crippen molar-refractivity contribution >= 4 is 18.0 Å². The number of carbonyl (C=O) groups is 2. The minimum absolute atomic E-state index is 0.0932. The molecule has 9 nitrogen and oxygen atoms in total. The Labute approximate surface area is 198 Å². The Hall–Kier alpha value is -2.88. The number of hydrogen-bond donors (Lipinski definition) is 4. The number of hydrogen-bond acceptors (Lipinski definition) is 9. The second kappa shape index (κ2) is 11.0. The van der Waals surface area contributed by atoms with Crippen LogP contribution in [0, 0.1) is 17.8 Å². The lowest BCUT2D eigenvalue weighted by Gasteiger charge is -2.39. The number of fused-ring (bicyclic) bond motifs is 1. The standard InChI is InChI=1S/C25H32O9/c1-3-15(2)10-22(30)34-24-23-19(17(12-26)13-32-24)11-20(25(23,31)14-27)33-21(29)9-6-16-4-7-18(28)8-5-16/h4-9,13,15,19-20,23-24,26-28,31H,3,10-12,14H2,1-2H3/t15-,19+,20-,23-,24+,25+/m0/s1. The average molecular weight is 477 g/mol. The zero-order chi connectivity index (χ0) is 24.9. The molecular formula is C25H32O9. The van der Waals surface area contributed by atoms with E-state index in [0.717, 1.165) is 6.42 Å². The van der Waals surface area contributed by atoms with Crippen molar-refractivity contribution in [1.82, 2.24) is 0 Å². The third kappa shape index (κ3) is 5.60. The maximum absolute atomic E-state index is 12.5. The number of phenolic OH excluding ortho intramolecular Hbond substituents is 1. The first-order chi connectivity index (χ1) is 16.2. The fourth-order valence-corrected chi connectivity index (χ4v) is 4.43. The molecule has 9 heteroatoms. The molecule has 1 aromatic rings. The molecule has 0 spiro atoms. The van der Waals surface area contributed by atoms with Crippen molar-refractivity contribution in [2.45, 2.75) is 51.1 Å². The summed E-state index contributed by atoms with van der Waals surface area (Å²) in [7, 11) is 0. The number of benzene rings is 1. The van der Waals surface area contributed by atoms with Crippen LogP contribution in [-0.4, -0.2) is 63.6 Å². The first kappa shape index (κ1) is 25.7. The smallest absolute Gasteiger partial charge is 0.331 e. The van der Waals surface area contributed by atoms with Crippen LogP contribution in [-0.2, 0) is 23.8 Å². The van der Waals surface area contributed by atoms with E-state index in [4.69, 9.17) is 14.2 Å². The number of aromatic hydroxyl groups is 1. The van der Waals surface area contributed by atoms with Gasteiger partial charge in [0, 0.05) is 18.4 Å². The SMILES string of the molecule is CC[C@H](C)CC(=O)O[C@H]1OC=C(CO)[C@H]2C[C@H](OC(=O)C=Cc3ccc(O)cc3)[C@](O)(CO)[C@H]12. The first-order valence-corrected chi connectivity index (χ1v) is 11.4. The summed E-state index contributed by atoms with van der Waals surface area (Å²) in [5.74, 6) is -2.53. The van der Waals surface area contributed by atoms with E-state index in [2.05, 4.69) is 0 Å². The van der Waals surface area contributed by atoms with Crippen molar-refractivity contribution in [3.05, 3.63) is 47.7 Å². The molecule has 34 heavy (non-hydrogen) atoms. The molecule has 3 rings (SSSR count). The van der Waals surface area contributed by atoms with Gasteiger partial charge in [0.05, 0.1) is 25.4 Å². The van der Waals surface area contributed by atoms with E-state index in [0.29, 0.717) is 11.1 Å². The predicted octanol–water partition coefficient (Wildman–Crippen LogP) is 1.89. The summed E-state index contributed by atoms with van der Waals surface area (Å²) in [6.07, 6.45) is 2.70. The lowest BCUT2D eigenvalue weighted by molar-refractivity contribution is -0.221. The van der Waals surface area contributed by atoms with Gasteiger partial charge in [0.15, 0.2) is 0 Å². The highest BCUT2D eigenvalue weighted by Crippen LogP contribution is 2.50. The Morgan fingerprint density at radius 1 is 1.24 bits per heavy atom. The third-order valence-electron chi connectivity index (χ3n) is 6.62. The van der Waals surface area contributed by atoms with Crippen LogP contribution in [0.2, 0.25) is 0 Å². The van der Waals surface area contributed by atoms with E-state index in [1.54, 1.807) is 12.1 Å². The van der Waals surface area contributed by atoms with Crippen LogP contribution in [0.25, 0.3) is 6.08 Å². The van der Waals surface area contributed by atoms with Crippen molar-refractivity contribution in [3.8, 4) is 5.75 Å². The van der Waals surface area contributed by atoms with E-state index in [1.165, 1.54) is 30.5 Å². The van der Waals surface area contributed by atoms with Crippen LogP contribution in [0.15, 0.2) is 42.2 Å². The van der Waals surface area contributed by atoms with Gasteiger partial charge in [-0.2, -0.15) is 0 Å². The number of aliphatic hydroxyl groups is 3. The van der Waals surface area contributed by atoms with Gasteiger partial charge in [-0.25, -0.2) is 4.79 Å². The highest BCUT2D eigenvalue weighted by Gasteiger charge is 2.62. The summed E-state index contributed by atoms with van der Waals surface area (Å²) in [4.78, 5) is 24.9. The minimum Gasteiger partial charge on any atom is -0.508 e. The molecule has 1 saturated carbocycles. The minimum atomic E-state index is -1.96. The first-order valence-electron chi connectivity index (χ1n) is 11.4. The number of esters is 2.